The molecule has 0 aliphatic heterocycles. The van der Waals surface area contributed by atoms with Crippen LogP contribution < -0.4 is 0 Å². The summed E-state index contributed by atoms with van der Waals surface area (Å²) in [4.78, 5) is 14.2. The summed E-state index contributed by atoms with van der Waals surface area (Å²) >= 11 is 5.27. The van der Waals surface area contributed by atoms with Crippen molar-refractivity contribution in [1.82, 2.24) is 4.90 Å². The molecule has 0 saturated heterocycles. The van der Waals surface area contributed by atoms with Gasteiger partial charge in [0.1, 0.15) is 0 Å². The van der Waals surface area contributed by atoms with E-state index in [0.717, 1.165) is 4.90 Å². The highest BCUT2D eigenvalue weighted by molar-refractivity contribution is 6.65. The molecule has 0 heterocycles. The lowest BCUT2D eigenvalue weighted by Gasteiger charge is -2.32. The Morgan fingerprint density at radius 3 is 1.61 bits per heavy atom. The summed E-state index contributed by atoms with van der Waals surface area (Å²) in [5.41, 5.74) is 0. The lowest BCUT2D eigenvalue weighted by molar-refractivity contribution is -0.388. The number of nitrogens with zero attached hydrogens (tertiary/aromatic N) is 2. The van der Waals surface area contributed by atoms with E-state index in [1.807, 2.05) is 0 Å². The van der Waals surface area contributed by atoms with Crippen LogP contribution in [0, 0.1) is 0 Å². The quantitative estimate of drug-likeness (QED) is 0.313. The van der Waals surface area contributed by atoms with Gasteiger partial charge in [0, 0.05) is 13.1 Å². The second kappa shape index (κ2) is 6.73. The van der Waals surface area contributed by atoms with Crippen molar-refractivity contribution >= 4 is 22.8 Å². The Hall–Kier alpha value is -1.20. The van der Waals surface area contributed by atoms with Gasteiger partial charge in [0.15, 0.2) is 0 Å². The molecule has 0 aliphatic rings. The van der Waals surface area contributed by atoms with Crippen LogP contribution in [0.5, 0.6) is 0 Å². The number of carbonyl (C=O) groups is 1. The van der Waals surface area contributed by atoms with Crippen molar-refractivity contribution in [1.29, 1.82) is 0 Å². The van der Waals surface area contributed by atoms with Crippen LogP contribution in [-0.4, -0.2) is 53.1 Å². The van der Waals surface area contributed by atoms with Gasteiger partial charge in [0.2, 0.25) is 5.29 Å². The Bertz CT molecular complexity index is 471. The molecule has 0 aromatic carbocycles. The zero-order valence-electron chi connectivity index (χ0n) is 11.5. The first kappa shape index (κ1) is 21.8. The van der Waals surface area contributed by atoms with E-state index in [1.165, 1.54) is 13.8 Å². The van der Waals surface area contributed by atoms with Crippen LogP contribution in [0.4, 0.5) is 39.5 Å². The SMILES string of the molecule is CCN(CC)C(Cl)=NC(=O)C(F)(F)C(F)(F)C(F)(F)C(F)(F)F. The van der Waals surface area contributed by atoms with E-state index in [1.54, 1.807) is 0 Å². The third-order valence-electron chi connectivity index (χ3n) is 2.63. The number of amides is 1. The number of amidine groups is 1. The van der Waals surface area contributed by atoms with E-state index < -0.39 is 35.1 Å². The monoisotopic (exact) mass is 380 g/mol. The fourth-order valence-electron chi connectivity index (χ4n) is 1.22. The molecule has 0 saturated carbocycles. The summed E-state index contributed by atoms with van der Waals surface area (Å²) < 4.78 is 113. The molecule has 0 unspecified atom stereocenters. The molecule has 136 valence electrons. The van der Waals surface area contributed by atoms with Crippen LogP contribution in [0.3, 0.4) is 0 Å². The van der Waals surface area contributed by atoms with E-state index in [4.69, 9.17) is 11.6 Å². The van der Waals surface area contributed by atoms with Crippen molar-refractivity contribution in [2.75, 3.05) is 13.1 Å². The Morgan fingerprint density at radius 2 is 1.30 bits per heavy atom. The van der Waals surface area contributed by atoms with Crippen LogP contribution >= 0.6 is 11.6 Å². The molecule has 1 amide bonds. The van der Waals surface area contributed by atoms with Gasteiger partial charge < -0.3 is 4.90 Å². The molecule has 0 spiro atoms. The first-order valence-electron chi connectivity index (χ1n) is 5.81. The van der Waals surface area contributed by atoms with Crippen molar-refractivity contribution in [3.63, 3.8) is 0 Å². The summed E-state index contributed by atoms with van der Waals surface area (Å²) in [6.45, 7) is 2.76. The Labute approximate surface area is 129 Å². The molecular weight excluding hydrogens is 371 g/mol. The Balaban J connectivity index is 5.80. The molecule has 23 heavy (non-hydrogen) atoms. The van der Waals surface area contributed by atoms with Gasteiger partial charge in [-0.05, 0) is 25.4 Å². The van der Waals surface area contributed by atoms with Crippen LogP contribution in [0.2, 0.25) is 0 Å². The minimum Gasteiger partial charge on any atom is -0.347 e. The zero-order valence-corrected chi connectivity index (χ0v) is 12.3. The molecule has 0 N–H and O–H groups in total. The van der Waals surface area contributed by atoms with Gasteiger partial charge in [-0.25, -0.2) is 0 Å². The fraction of sp³-hybridized carbons (Fsp3) is 0.800. The third-order valence-corrected chi connectivity index (χ3v) is 2.96. The molecule has 3 nitrogen and oxygen atoms in total. The second-order valence-corrected chi connectivity index (χ2v) is 4.42. The average Bonchev–Trinajstić information content (AvgIpc) is 2.38. The van der Waals surface area contributed by atoms with Gasteiger partial charge in [0.25, 0.3) is 0 Å². The van der Waals surface area contributed by atoms with E-state index in [9.17, 15) is 44.3 Å². The topological polar surface area (TPSA) is 32.7 Å². The molecule has 0 bridgehead atoms. The van der Waals surface area contributed by atoms with Gasteiger partial charge in [-0.15, -0.1) is 0 Å². The largest absolute Gasteiger partial charge is 0.460 e. The maximum absolute atomic E-state index is 13.2. The standard InChI is InChI=1S/C10H10ClF9N2O/c1-3-22(4-2)6(11)21-5(23)7(12,13)8(14,15)9(16,17)10(18,19)20/h3-4H2,1-2H3. The Morgan fingerprint density at radius 1 is 0.913 bits per heavy atom. The first-order chi connectivity index (χ1) is 10.1. The van der Waals surface area contributed by atoms with Crippen molar-refractivity contribution in [2.24, 2.45) is 4.99 Å². The van der Waals surface area contributed by atoms with Gasteiger partial charge >= 0.3 is 29.9 Å². The lowest BCUT2D eigenvalue weighted by atomic mass is 10.0. The van der Waals surface area contributed by atoms with Gasteiger partial charge in [0.05, 0.1) is 0 Å². The van der Waals surface area contributed by atoms with Crippen molar-refractivity contribution < 1.29 is 44.3 Å². The first-order valence-corrected chi connectivity index (χ1v) is 6.19. The number of rotatable bonds is 5. The maximum atomic E-state index is 13.2. The molecule has 0 rings (SSSR count). The fourth-order valence-corrected chi connectivity index (χ4v) is 1.53. The number of hydrogen-bond donors (Lipinski definition) is 0. The van der Waals surface area contributed by atoms with E-state index in [0.29, 0.717) is 0 Å². The number of aliphatic imine (C=N–C) groups is 1. The Kier molecular flexibility index (Phi) is 6.38. The minimum absolute atomic E-state index is 0.0210. The number of carbonyl (C=O) groups excluding carboxylic acids is 1. The zero-order chi connectivity index (χ0) is 18.9. The number of halogens is 10. The normalized spacial score (nSPS) is 14.9. The highest BCUT2D eigenvalue weighted by atomic mass is 35.5. The van der Waals surface area contributed by atoms with Crippen molar-refractivity contribution in [3.8, 4) is 0 Å². The second-order valence-electron chi connectivity index (χ2n) is 4.08. The molecule has 0 radical (unpaired) electrons. The van der Waals surface area contributed by atoms with E-state index in [2.05, 4.69) is 4.99 Å². The maximum Gasteiger partial charge on any atom is 0.460 e. The van der Waals surface area contributed by atoms with Gasteiger partial charge in [-0.3, -0.25) is 4.79 Å². The third kappa shape index (κ3) is 3.83. The molecule has 0 aliphatic carbocycles. The van der Waals surface area contributed by atoms with Crippen LogP contribution in [0.1, 0.15) is 13.8 Å². The summed E-state index contributed by atoms with van der Waals surface area (Å²) in [5.74, 6) is -23.9. The van der Waals surface area contributed by atoms with Crippen LogP contribution in [0.25, 0.3) is 0 Å². The van der Waals surface area contributed by atoms with Crippen LogP contribution in [-0.2, 0) is 4.79 Å². The van der Waals surface area contributed by atoms with Crippen molar-refractivity contribution in [2.45, 2.75) is 37.8 Å². The summed E-state index contributed by atoms with van der Waals surface area (Å²) in [6, 6.07) is 0. The molecule has 13 heteroatoms. The number of alkyl halides is 9. The van der Waals surface area contributed by atoms with Crippen LogP contribution in [0.15, 0.2) is 4.99 Å². The highest BCUT2D eigenvalue weighted by Crippen LogP contribution is 2.53. The highest BCUT2D eigenvalue weighted by Gasteiger charge is 2.83. The van der Waals surface area contributed by atoms with E-state index in [-0.39, 0.29) is 13.1 Å². The van der Waals surface area contributed by atoms with Gasteiger partial charge in [-0.1, -0.05) is 0 Å². The molecule has 0 aromatic heterocycles. The van der Waals surface area contributed by atoms with Gasteiger partial charge in [-0.2, -0.15) is 44.5 Å². The summed E-state index contributed by atoms with van der Waals surface area (Å²) in [6.07, 6.45) is -7.01. The molecule has 0 aromatic rings. The van der Waals surface area contributed by atoms with Crippen molar-refractivity contribution in [3.05, 3.63) is 0 Å². The number of hydrogen-bond acceptors (Lipinski definition) is 1. The average molecular weight is 381 g/mol. The molecule has 0 atom stereocenters. The smallest absolute Gasteiger partial charge is 0.347 e. The predicted molar refractivity (Wildman–Crippen MR) is 62.1 cm³/mol. The lowest BCUT2D eigenvalue weighted by Crippen LogP contribution is -2.63. The molecule has 0 fully saturated rings. The summed E-state index contributed by atoms with van der Waals surface area (Å²) in [5, 5.41) is -1.05. The van der Waals surface area contributed by atoms with E-state index >= 15 is 0 Å². The minimum atomic E-state index is -7.16. The predicted octanol–water partition coefficient (Wildman–Crippen LogP) is 3.92. The summed E-state index contributed by atoms with van der Waals surface area (Å²) in [7, 11) is 0. The molecular formula is C10H10ClF9N2O.